The van der Waals surface area contributed by atoms with Crippen LogP contribution >= 0.6 is 0 Å². The summed E-state index contributed by atoms with van der Waals surface area (Å²) < 4.78 is 16.2. The second kappa shape index (κ2) is 22.4. The van der Waals surface area contributed by atoms with Gasteiger partial charge >= 0.3 is 17.9 Å². The maximum absolute atomic E-state index is 12.4. The minimum absolute atomic E-state index is 0.0971. The molecule has 0 aliphatic rings. The average Bonchev–Trinajstić information content (AvgIpc) is 2.83. The van der Waals surface area contributed by atoms with E-state index in [4.69, 9.17) is 14.2 Å². The Morgan fingerprint density at radius 2 is 1.33 bits per heavy atom. The van der Waals surface area contributed by atoms with Gasteiger partial charge in [0.1, 0.15) is 13.2 Å². The van der Waals surface area contributed by atoms with E-state index < -0.39 is 6.10 Å². The van der Waals surface area contributed by atoms with Gasteiger partial charge < -0.3 is 14.2 Å². The van der Waals surface area contributed by atoms with Gasteiger partial charge in [0.25, 0.3) is 0 Å². The summed E-state index contributed by atoms with van der Waals surface area (Å²) in [6.45, 7) is 12.8. The summed E-state index contributed by atoms with van der Waals surface area (Å²) in [5, 5.41) is 0. The summed E-state index contributed by atoms with van der Waals surface area (Å²) in [6.07, 6.45) is 14.0. The molecule has 0 radical (unpaired) electrons. The number of hydrogen-bond donors (Lipinski definition) is 0. The van der Waals surface area contributed by atoms with E-state index in [0.29, 0.717) is 30.6 Å². The third-order valence-corrected chi connectivity index (χ3v) is 6.34. The molecular formula is C30H54O6. The van der Waals surface area contributed by atoms with E-state index in [-0.39, 0.29) is 37.5 Å². The number of ether oxygens (including phenoxy) is 3. The molecule has 3 unspecified atom stereocenters. The van der Waals surface area contributed by atoms with E-state index >= 15 is 0 Å². The molecule has 36 heavy (non-hydrogen) atoms. The van der Waals surface area contributed by atoms with Gasteiger partial charge in [0.15, 0.2) is 6.10 Å². The van der Waals surface area contributed by atoms with E-state index in [1.807, 2.05) is 12.2 Å². The first-order valence-corrected chi connectivity index (χ1v) is 14.3. The first-order valence-electron chi connectivity index (χ1n) is 14.3. The summed E-state index contributed by atoms with van der Waals surface area (Å²) in [7, 11) is 0. The van der Waals surface area contributed by atoms with Crippen LogP contribution in [0.2, 0.25) is 0 Å². The zero-order valence-electron chi connectivity index (χ0n) is 24.0. The Kier molecular flexibility index (Phi) is 21.2. The van der Waals surface area contributed by atoms with Gasteiger partial charge in [-0.1, -0.05) is 98.6 Å². The molecule has 0 spiro atoms. The molecular weight excluding hydrogens is 456 g/mol. The molecule has 0 heterocycles. The van der Waals surface area contributed by atoms with E-state index in [0.717, 1.165) is 64.2 Å². The Bertz CT molecular complexity index is 613. The fourth-order valence-corrected chi connectivity index (χ4v) is 3.78. The Hall–Kier alpha value is -1.85. The number of rotatable bonds is 22. The topological polar surface area (TPSA) is 78.9 Å². The van der Waals surface area contributed by atoms with Gasteiger partial charge in [0, 0.05) is 12.8 Å². The number of unbranched alkanes of at least 4 members (excludes halogenated alkanes) is 3. The van der Waals surface area contributed by atoms with Crippen LogP contribution in [-0.4, -0.2) is 37.2 Å². The standard InChI is InChI=1S/C30H54O6/c1-7-15-26(6)18-14-21-29(32)35-23-27(36-30(33)20-13-12-17-25(5)8-2)22-34-28(31)19-11-9-10-16-24(3)4/h14,18,24-27H,7-13,15-17,19-23H2,1-6H3/b18-14+. The lowest BCUT2D eigenvalue weighted by molar-refractivity contribution is -0.166. The first kappa shape index (κ1) is 34.1. The number of allylic oxidation sites excluding steroid dienone is 1. The molecule has 0 N–H and O–H groups in total. The van der Waals surface area contributed by atoms with Crippen LogP contribution in [0.4, 0.5) is 0 Å². The van der Waals surface area contributed by atoms with Gasteiger partial charge in [0.05, 0.1) is 6.42 Å². The monoisotopic (exact) mass is 510 g/mol. The zero-order chi connectivity index (χ0) is 27.2. The second-order valence-corrected chi connectivity index (χ2v) is 10.6. The minimum atomic E-state index is -0.788. The molecule has 0 saturated heterocycles. The second-order valence-electron chi connectivity index (χ2n) is 10.6. The maximum atomic E-state index is 12.4. The highest BCUT2D eigenvalue weighted by molar-refractivity contribution is 5.72. The first-order chi connectivity index (χ1) is 17.2. The van der Waals surface area contributed by atoms with Crippen LogP contribution in [0.15, 0.2) is 12.2 Å². The van der Waals surface area contributed by atoms with Crippen LogP contribution in [0, 0.1) is 17.8 Å². The molecule has 6 nitrogen and oxygen atoms in total. The van der Waals surface area contributed by atoms with E-state index in [9.17, 15) is 14.4 Å². The van der Waals surface area contributed by atoms with Crippen LogP contribution in [0.25, 0.3) is 0 Å². The molecule has 0 aliphatic carbocycles. The van der Waals surface area contributed by atoms with Crippen LogP contribution in [-0.2, 0) is 28.6 Å². The van der Waals surface area contributed by atoms with Crippen molar-refractivity contribution in [2.24, 2.45) is 17.8 Å². The lowest BCUT2D eigenvalue weighted by Gasteiger charge is -2.18. The highest BCUT2D eigenvalue weighted by atomic mass is 16.6. The average molecular weight is 511 g/mol. The number of hydrogen-bond acceptors (Lipinski definition) is 6. The zero-order valence-corrected chi connectivity index (χ0v) is 24.0. The molecule has 210 valence electrons. The van der Waals surface area contributed by atoms with Gasteiger partial charge in [-0.05, 0) is 37.0 Å². The summed E-state index contributed by atoms with van der Waals surface area (Å²) in [6, 6.07) is 0. The van der Waals surface area contributed by atoms with Gasteiger partial charge in [-0.25, -0.2) is 0 Å². The predicted molar refractivity (Wildman–Crippen MR) is 145 cm³/mol. The van der Waals surface area contributed by atoms with Crippen LogP contribution in [0.1, 0.15) is 125 Å². The normalized spacial score (nSPS) is 14.0. The highest BCUT2D eigenvalue weighted by Gasteiger charge is 2.19. The molecule has 0 aromatic heterocycles. The smallest absolute Gasteiger partial charge is 0.309 e. The highest BCUT2D eigenvalue weighted by Crippen LogP contribution is 2.14. The minimum Gasteiger partial charge on any atom is -0.462 e. The number of esters is 3. The van der Waals surface area contributed by atoms with Gasteiger partial charge in [-0.15, -0.1) is 0 Å². The van der Waals surface area contributed by atoms with E-state index in [1.165, 1.54) is 0 Å². The summed E-state index contributed by atoms with van der Waals surface area (Å²) >= 11 is 0. The third-order valence-electron chi connectivity index (χ3n) is 6.34. The lowest BCUT2D eigenvalue weighted by atomic mass is 10.0. The van der Waals surface area contributed by atoms with Gasteiger partial charge in [0.2, 0.25) is 0 Å². The predicted octanol–water partition coefficient (Wildman–Crippen LogP) is 7.58. The van der Waals surface area contributed by atoms with Crippen molar-refractivity contribution in [2.75, 3.05) is 13.2 Å². The largest absolute Gasteiger partial charge is 0.462 e. The Labute approximate surface area is 220 Å². The van der Waals surface area contributed by atoms with Crippen LogP contribution in [0.3, 0.4) is 0 Å². The molecule has 0 amide bonds. The Balaban J connectivity index is 4.58. The molecule has 0 aromatic rings. The van der Waals surface area contributed by atoms with Crippen molar-refractivity contribution in [1.29, 1.82) is 0 Å². The molecule has 0 aliphatic heterocycles. The van der Waals surface area contributed by atoms with Crippen molar-refractivity contribution in [1.82, 2.24) is 0 Å². The lowest BCUT2D eigenvalue weighted by Crippen LogP contribution is -2.30. The van der Waals surface area contributed by atoms with Crippen molar-refractivity contribution in [3.05, 3.63) is 12.2 Å². The van der Waals surface area contributed by atoms with Crippen molar-refractivity contribution in [3.63, 3.8) is 0 Å². The molecule has 0 fully saturated rings. The Morgan fingerprint density at radius 3 is 1.97 bits per heavy atom. The van der Waals surface area contributed by atoms with Crippen molar-refractivity contribution >= 4 is 17.9 Å². The van der Waals surface area contributed by atoms with Crippen LogP contribution < -0.4 is 0 Å². The van der Waals surface area contributed by atoms with Gasteiger partial charge in [-0.3, -0.25) is 14.4 Å². The maximum Gasteiger partial charge on any atom is 0.309 e. The fraction of sp³-hybridized carbons (Fsp3) is 0.833. The summed E-state index contributed by atoms with van der Waals surface area (Å²) in [5.41, 5.74) is 0. The SMILES string of the molecule is CCCC(C)/C=C/CC(=O)OCC(COC(=O)CCCCCC(C)C)OC(=O)CCCCC(C)CC. The molecule has 0 saturated carbocycles. The molecule has 0 bridgehead atoms. The quantitative estimate of drug-likeness (QED) is 0.0646. The van der Waals surface area contributed by atoms with Crippen molar-refractivity contribution in [3.8, 4) is 0 Å². The number of carbonyl (C=O) groups excluding carboxylic acids is 3. The number of carbonyl (C=O) groups is 3. The van der Waals surface area contributed by atoms with E-state index in [1.54, 1.807) is 0 Å². The van der Waals surface area contributed by atoms with E-state index in [2.05, 4.69) is 41.5 Å². The molecule has 0 aromatic carbocycles. The summed E-state index contributed by atoms with van der Waals surface area (Å²) in [4.78, 5) is 36.6. The van der Waals surface area contributed by atoms with Crippen LogP contribution in [0.5, 0.6) is 0 Å². The molecule has 0 rings (SSSR count). The van der Waals surface area contributed by atoms with Crippen molar-refractivity contribution < 1.29 is 28.6 Å². The fourth-order valence-electron chi connectivity index (χ4n) is 3.78. The summed E-state index contributed by atoms with van der Waals surface area (Å²) in [5.74, 6) is 0.687. The molecule has 3 atom stereocenters. The van der Waals surface area contributed by atoms with Gasteiger partial charge in [-0.2, -0.15) is 0 Å². The Morgan fingerprint density at radius 1 is 0.722 bits per heavy atom. The molecule has 6 heteroatoms. The third kappa shape index (κ3) is 21.4. The van der Waals surface area contributed by atoms with Crippen molar-refractivity contribution in [2.45, 2.75) is 131 Å².